The third-order valence-electron chi connectivity index (χ3n) is 4.97. The lowest BCUT2D eigenvalue weighted by Gasteiger charge is -2.14. The first kappa shape index (κ1) is 15.5. The summed E-state index contributed by atoms with van der Waals surface area (Å²) in [7, 11) is 0. The molecule has 2 aliphatic carbocycles. The van der Waals surface area contributed by atoms with E-state index < -0.39 is 0 Å². The number of carbonyl (C=O) groups is 3. The molecule has 27 heavy (non-hydrogen) atoms. The van der Waals surface area contributed by atoms with Gasteiger partial charge in [0.1, 0.15) is 12.0 Å². The number of benzene rings is 2. The van der Waals surface area contributed by atoms with Crippen molar-refractivity contribution in [3.8, 4) is 11.1 Å². The molecule has 0 saturated carbocycles. The third kappa shape index (κ3) is 2.29. The first-order valence-electron chi connectivity index (χ1n) is 8.50. The van der Waals surface area contributed by atoms with E-state index in [9.17, 15) is 14.4 Å². The molecule has 5 rings (SSSR count). The Labute approximate surface area is 154 Å². The molecule has 0 unspecified atom stereocenters. The Morgan fingerprint density at radius 2 is 1.56 bits per heavy atom. The fourth-order valence-electron chi connectivity index (χ4n) is 3.69. The molecule has 2 aromatic carbocycles. The second-order valence-corrected chi connectivity index (χ2v) is 6.58. The van der Waals surface area contributed by atoms with Gasteiger partial charge in [0.05, 0.1) is 5.56 Å². The molecule has 0 radical (unpaired) electrons. The normalized spacial score (nSPS) is 14.5. The molecule has 3 aromatic rings. The summed E-state index contributed by atoms with van der Waals surface area (Å²) in [6.45, 7) is 0. The molecule has 128 valence electrons. The lowest BCUT2D eigenvalue weighted by atomic mass is 9.89. The van der Waals surface area contributed by atoms with Crippen LogP contribution < -0.4 is 0 Å². The molecular formula is C22H12N2O3. The van der Waals surface area contributed by atoms with E-state index >= 15 is 0 Å². The Hall–Kier alpha value is -3.73. The summed E-state index contributed by atoms with van der Waals surface area (Å²) in [4.78, 5) is 45.3. The zero-order chi connectivity index (χ0) is 18.5. The molecule has 5 nitrogen and oxygen atoms in total. The van der Waals surface area contributed by atoms with E-state index in [2.05, 4.69) is 9.97 Å². The molecule has 0 saturated heterocycles. The largest absolute Gasteiger partial charge is 0.289 e. The number of allylic oxidation sites excluding steroid dienone is 2. The molecule has 2 aliphatic rings. The van der Waals surface area contributed by atoms with Crippen molar-refractivity contribution in [3.05, 3.63) is 94.6 Å². The van der Waals surface area contributed by atoms with Crippen molar-refractivity contribution >= 4 is 17.3 Å². The van der Waals surface area contributed by atoms with Crippen molar-refractivity contribution in [3.63, 3.8) is 0 Å². The summed E-state index contributed by atoms with van der Waals surface area (Å²) >= 11 is 0. The van der Waals surface area contributed by atoms with Gasteiger partial charge in [0.25, 0.3) is 0 Å². The molecule has 0 spiro atoms. The Balaban J connectivity index is 1.51. The number of hydrogen-bond donors (Lipinski definition) is 0. The molecule has 0 fully saturated rings. The zero-order valence-corrected chi connectivity index (χ0v) is 14.1. The van der Waals surface area contributed by atoms with Crippen LogP contribution in [0.1, 0.15) is 42.3 Å². The van der Waals surface area contributed by atoms with Gasteiger partial charge >= 0.3 is 0 Å². The number of hydrogen-bond acceptors (Lipinski definition) is 5. The standard InChI is InChI=1S/C22H12N2O3/c25-19-9-13(21(26)18-10-23-11-24-20(18)19)7-12-5-6-15-14-3-1-2-4-16(14)22(27)17(15)8-12/h1-6,8-11H,7H2. The lowest BCUT2D eigenvalue weighted by molar-refractivity contribution is 0.0978. The van der Waals surface area contributed by atoms with Crippen LogP contribution in [0.2, 0.25) is 0 Å². The van der Waals surface area contributed by atoms with Crippen molar-refractivity contribution in [2.45, 2.75) is 6.42 Å². The Bertz CT molecular complexity index is 1210. The summed E-state index contributed by atoms with van der Waals surface area (Å²) in [6.07, 6.45) is 4.24. The minimum absolute atomic E-state index is 0.0128. The van der Waals surface area contributed by atoms with Crippen molar-refractivity contribution in [2.24, 2.45) is 0 Å². The van der Waals surface area contributed by atoms with E-state index in [1.54, 1.807) is 0 Å². The summed E-state index contributed by atoms with van der Waals surface area (Å²) in [6, 6.07) is 13.1. The van der Waals surface area contributed by atoms with E-state index in [-0.39, 0.29) is 35.0 Å². The average Bonchev–Trinajstić information content (AvgIpc) is 2.98. The Kier molecular flexibility index (Phi) is 3.24. The van der Waals surface area contributed by atoms with Gasteiger partial charge in [0.15, 0.2) is 11.6 Å². The van der Waals surface area contributed by atoms with Gasteiger partial charge in [-0.05, 0) is 28.8 Å². The van der Waals surface area contributed by atoms with E-state index in [4.69, 9.17) is 0 Å². The number of ketones is 3. The molecule has 0 bridgehead atoms. The van der Waals surface area contributed by atoms with Gasteiger partial charge in [-0.2, -0.15) is 0 Å². The molecule has 0 atom stereocenters. The topological polar surface area (TPSA) is 77.0 Å². The second-order valence-electron chi connectivity index (χ2n) is 6.58. The van der Waals surface area contributed by atoms with Gasteiger partial charge in [-0.1, -0.05) is 36.4 Å². The van der Waals surface area contributed by atoms with Crippen molar-refractivity contribution < 1.29 is 14.4 Å². The second kappa shape index (κ2) is 5.64. The fraction of sp³-hybridized carbons (Fsp3) is 0.0455. The van der Waals surface area contributed by atoms with Crippen molar-refractivity contribution in [2.75, 3.05) is 0 Å². The molecule has 1 aromatic heterocycles. The number of Topliss-reactive ketones (excluding diaryl/α,β-unsaturated/α-hetero) is 1. The highest BCUT2D eigenvalue weighted by Gasteiger charge is 2.29. The maximum absolute atomic E-state index is 12.7. The summed E-state index contributed by atoms with van der Waals surface area (Å²) in [5.41, 5.74) is 4.71. The summed E-state index contributed by atoms with van der Waals surface area (Å²) in [5.74, 6) is -0.562. The lowest BCUT2D eigenvalue weighted by Crippen LogP contribution is -2.20. The Morgan fingerprint density at radius 3 is 2.41 bits per heavy atom. The monoisotopic (exact) mass is 352 g/mol. The van der Waals surface area contributed by atoms with Crippen molar-refractivity contribution in [1.29, 1.82) is 0 Å². The highest BCUT2D eigenvalue weighted by molar-refractivity contribution is 6.24. The van der Waals surface area contributed by atoms with Gasteiger partial charge in [0, 0.05) is 29.3 Å². The van der Waals surface area contributed by atoms with Crippen LogP contribution in [0.15, 0.2) is 66.6 Å². The number of fused-ring (bicyclic) bond motifs is 4. The average molecular weight is 352 g/mol. The summed E-state index contributed by atoms with van der Waals surface area (Å²) in [5, 5.41) is 0. The third-order valence-corrected chi connectivity index (χ3v) is 4.97. The molecule has 0 amide bonds. The van der Waals surface area contributed by atoms with Crippen LogP contribution in [0, 0.1) is 0 Å². The summed E-state index contributed by atoms with van der Waals surface area (Å²) < 4.78 is 0. The predicted molar refractivity (Wildman–Crippen MR) is 97.8 cm³/mol. The molecule has 1 heterocycles. The van der Waals surface area contributed by atoms with Crippen LogP contribution in [-0.4, -0.2) is 27.3 Å². The van der Waals surface area contributed by atoms with Gasteiger partial charge in [0.2, 0.25) is 5.78 Å². The highest BCUT2D eigenvalue weighted by atomic mass is 16.1. The van der Waals surface area contributed by atoms with E-state index in [1.807, 2.05) is 42.5 Å². The van der Waals surface area contributed by atoms with Crippen molar-refractivity contribution in [1.82, 2.24) is 9.97 Å². The minimum Gasteiger partial charge on any atom is -0.289 e. The number of nitrogens with zero attached hydrogens (tertiary/aromatic N) is 2. The van der Waals surface area contributed by atoms with Crippen LogP contribution in [-0.2, 0) is 6.42 Å². The molecule has 0 aliphatic heterocycles. The maximum atomic E-state index is 12.7. The van der Waals surface area contributed by atoms with Gasteiger partial charge in [-0.15, -0.1) is 0 Å². The SMILES string of the molecule is O=C1c2ccccc2-c2ccc(CC3=CC(=O)c4ncncc4C3=O)cc21. The number of carbonyl (C=O) groups excluding carboxylic acids is 3. The van der Waals surface area contributed by atoms with E-state index in [0.29, 0.717) is 16.7 Å². The first-order valence-corrected chi connectivity index (χ1v) is 8.50. The van der Waals surface area contributed by atoms with Crippen LogP contribution >= 0.6 is 0 Å². The zero-order valence-electron chi connectivity index (χ0n) is 14.1. The van der Waals surface area contributed by atoms with Gasteiger partial charge in [-0.25, -0.2) is 9.97 Å². The molecule has 0 N–H and O–H groups in total. The van der Waals surface area contributed by atoms with E-state index in [1.165, 1.54) is 18.6 Å². The molecular weight excluding hydrogens is 340 g/mol. The fourth-order valence-corrected chi connectivity index (χ4v) is 3.69. The minimum atomic E-state index is -0.299. The van der Waals surface area contributed by atoms with E-state index in [0.717, 1.165) is 16.7 Å². The highest BCUT2D eigenvalue weighted by Crippen LogP contribution is 2.37. The van der Waals surface area contributed by atoms with Crippen LogP contribution in [0.25, 0.3) is 11.1 Å². The van der Waals surface area contributed by atoms with Crippen LogP contribution in [0.3, 0.4) is 0 Å². The van der Waals surface area contributed by atoms with Gasteiger partial charge < -0.3 is 0 Å². The quantitative estimate of drug-likeness (QED) is 0.553. The number of rotatable bonds is 2. The van der Waals surface area contributed by atoms with Gasteiger partial charge in [-0.3, -0.25) is 14.4 Å². The van der Waals surface area contributed by atoms with Crippen LogP contribution in [0.5, 0.6) is 0 Å². The smallest absolute Gasteiger partial charge is 0.205 e. The first-order chi connectivity index (χ1) is 13.1. The predicted octanol–water partition coefficient (Wildman–Crippen LogP) is 3.24. The Morgan fingerprint density at radius 1 is 0.778 bits per heavy atom. The number of aromatic nitrogens is 2. The van der Waals surface area contributed by atoms with Crippen LogP contribution in [0.4, 0.5) is 0 Å². The molecule has 5 heteroatoms. The maximum Gasteiger partial charge on any atom is 0.205 e.